The average molecular weight is 423 g/mol. The second-order valence-corrected chi connectivity index (χ2v) is 6.44. The molecular formula is C22H15F6NO. The minimum Gasteiger partial charge on any atom is -0.455 e. The number of halogens is 6. The van der Waals surface area contributed by atoms with E-state index in [1.807, 2.05) is 0 Å². The molecule has 0 aromatic heterocycles. The van der Waals surface area contributed by atoms with Gasteiger partial charge in [-0.2, -0.15) is 26.3 Å². The molecule has 0 spiro atoms. The summed E-state index contributed by atoms with van der Waals surface area (Å²) >= 11 is 0. The van der Waals surface area contributed by atoms with Crippen LogP contribution in [-0.4, -0.2) is 0 Å². The number of nitrogens with two attached hydrogens (primary N) is 1. The minimum atomic E-state index is -4.93. The highest BCUT2D eigenvalue weighted by molar-refractivity contribution is 5.72. The first kappa shape index (κ1) is 21.3. The fraction of sp³-hybridized carbons (Fsp3) is 0.0909. The van der Waals surface area contributed by atoms with Crippen molar-refractivity contribution in [1.29, 1.82) is 0 Å². The van der Waals surface area contributed by atoms with E-state index in [1.54, 1.807) is 30.3 Å². The molecule has 0 aliphatic heterocycles. The molecule has 0 radical (unpaired) electrons. The normalized spacial score (nSPS) is 11.9. The van der Waals surface area contributed by atoms with Crippen molar-refractivity contribution in [2.45, 2.75) is 12.4 Å². The number of hydrogen-bond acceptors (Lipinski definition) is 2. The molecule has 0 saturated heterocycles. The van der Waals surface area contributed by atoms with Crippen molar-refractivity contribution in [3.05, 3.63) is 90.0 Å². The first-order valence-electron chi connectivity index (χ1n) is 8.57. The molecule has 0 unspecified atom stereocenters. The van der Waals surface area contributed by atoms with Crippen LogP contribution in [0, 0.1) is 0 Å². The molecule has 30 heavy (non-hydrogen) atoms. The number of ether oxygens (including phenoxy) is 1. The van der Waals surface area contributed by atoms with E-state index in [9.17, 15) is 26.3 Å². The first-order chi connectivity index (χ1) is 13.9. The lowest BCUT2D eigenvalue weighted by atomic mass is 9.97. The van der Waals surface area contributed by atoms with E-state index in [4.69, 9.17) is 10.5 Å². The monoisotopic (exact) mass is 423 g/mol. The fourth-order valence-corrected chi connectivity index (χ4v) is 2.76. The van der Waals surface area contributed by atoms with E-state index >= 15 is 0 Å². The van der Waals surface area contributed by atoms with Crippen LogP contribution in [0.2, 0.25) is 0 Å². The number of para-hydroxylation sites is 2. The standard InChI is InChI=1S/C22H15F6NO/c1-13(30-20-8-3-2-7-19(20)29)14-5-4-6-15(9-14)16-10-17(21(23,24)25)12-18(11-16)22(26,27)28/h2-12H,1,29H2. The Balaban J connectivity index is 2.01. The molecule has 0 bridgehead atoms. The summed E-state index contributed by atoms with van der Waals surface area (Å²) in [5, 5.41) is 0. The summed E-state index contributed by atoms with van der Waals surface area (Å²) in [7, 11) is 0. The van der Waals surface area contributed by atoms with Gasteiger partial charge < -0.3 is 10.5 Å². The Morgan fingerprint density at radius 2 is 1.33 bits per heavy atom. The molecular weight excluding hydrogens is 408 g/mol. The van der Waals surface area contributed by atoms with E-state index in [-0.39, 0.29) is 23.0 Å². The van der Waals surface area contributed by atoms with Crippen LogP contribution < -0.4 is 10.5 Å². The van der Waals surface area contributed by atoms with Gasteiger partial charge in [-0.25, -0.2) is 0 Å². The molecule has 3 rings (SSSR count). The van der Waals surface area contributed by atoms with Crippen LogP contribution in [0.15, 0.2) is 73.3 Å². The maximum absolute atomic E-state index is 13.1. The Morgan fingerprint density at radius 3 is 1.90 bits per heavy atom. The maximum Gasteiger partial charge on any atom is 0.416 e. The van der Waals surface area contributed by atoms with E-state index in [1.165, 1.54) is 18.2 Å². The summed E-state index contributed by atoms with van der Waals surface area (Å²) in [6.07, 6.45) is -9.85. The Labute approximate surface area is 168 Å². The van der Waals surface area contributed by atoms with Crippen LogP contribution in [-0.2, 0) is 12.4 Å². The Bertz CT molecular complexity index is 1050. The van der Waals surface area contributed by atoms with E-state index in [0.29, 0.717) is 29.1 Å². The predicted molar refractivity (Wildman–Crippen MR) is 102 cm³/mol. The Morgan fingerprint density at radius 1 is 0.733 bits per heavy atom. The van der Waals surface area contributed by atoms with Gasteiger partial charge >= 0.3 is 12.4 Å². The van der Waals surface area contributed by atoms with Gasteiger partial charge in [0.15, 0.2) is 0 Å². The van der Waals surface area contributed by atoms with E-state index < -0.39 is 23.5 Å². The fourth-order valence-electron chi connectivity index (χ4n) is 2.76. The van der Waals surface area contributed by atoms with Crippen LogP contribution in [0.5, 0.6) is 5.75 Å². The number of alkyl halides is 6. The number of benzene rings is 3. The zero-order valence-electron chi connectivity index (χ0n) is 15.3. The van der Waals surface area contributed by atoms with Gasteiger partial charge in [0.1, 0.15) is 11.5 Å². The molecule has 0 heterocycles. The molecule has 0 fully saturated rings. The number of hydrogen-bond donors (Lipinski definition) is 1. The van der Waals surface area contributed by atoms with Crippen molar-refractivity contribution < 1.29 is 31.1 Å². The summed E-state index contributed by atoms with van der Waals surface area (Å²) < 4.78 is 84.4. The molecule has 2 nitrogen and oxygen atoms in total. The van der Waals surface area contributed by atoms with Gasteiger partial charge in [-0.05, 0) is 47.5 Å². The van der Waals surface area contributed by atoms with Crippen molar-refractivity contribution in [1.82, 2.24) is 0 Å². The third-order valence-electron chi connectivity index (χ3n) is 4.26. The topological polar surface area (TPSA) is 35.2 Å². The molecule has 3 aromatic carbocycles. The van der Waals surface area contributed by atoms with Crippen LogP contribution in [0.1, 0.15) is 16.7 Å². The highest BCUT2D eigenvalue weighted by Crippen LogP contribution is 2.39. The van der Waals surface area contributed by atoms with Gasteiger partial charge in [-0.3, -0.25) is 0 Å². The third-order valence-corrected chi connectivity index (χ3v) is 4.26. The largest absolute Gasteiger partial charge is 0.455 e. The lowest BCUT2D eigenvalue weighted by molar-refractivity contribution is -0.143. The van der Waals surface area contributed by atoms with E-state index in [0.717, 1.165) is 0 Å². The highest BCUT2D eigenvalue weighted by Gasteiger charge is 2.37. The average Bonchev–Trinajstić information content (AvgIpc) is 2.68. The molecule has 0 aliphatic rings. The molecule has 3 aromatic rings. The Kier molecular flexibility index (Phi) is 5.52. The van der Waals surface area contributed by atoms with Gasteiger partial charge in [-0.1, -0.05) is 36.9 Å². The quantitative estimate of drug-likeness (QED) is 0.278. The summed E-state index contributed by atoms with van der Waals surface area (Å²) in [6, 6.07) is 13.9. The van der Waals surface area contributed by atoms with Crippen molar-refractivity contribution in [3.63, 3.8) is 0 Å². The maximum atomic E-state index is 13.1. The first-order valence-corrected chi connectivity index (χ1v) is 8.57. The Hall–Kier alpha value is -3.42. The van der Waals surface area contributed by atoms with Crippen LogP contribution in [0.3, 0.4) is 0 Å². The summed E-state index contributed by atoms with van der Waals surface area (Å²) in [5.41, 5.74) is 3.68. The van der Waals surface area contributed by atoms with Gasteiger partial charge in [0.2, 0.25) is 0 Å². The molecule has 2 N–H and O–H groups in total. The van der Waals surface area contributed by atoms with E-state index in [2.05, 4.69) is 6.58 Å². The van der Waals surface area contributed by atoms with Gasteiger partial charge in [0.25, 0.3) is 0 Å². The lowest BCUT2D eigenvalue weighted by Crippen LogP contribution is -2.11. The minimum absolute atomic E-state index is 0.0908. The zero-order chi connectivity index (χ0) is 22.1. The molecule has 0 aliphatic carbocycles. The second-order valence-electron chi connectivity index (χ2n) is 6.44. The molecule has 156 valence electrons. The van der Waals surface area contributed by atoms with Crippen molar-refractivity contribution in [2.75, 3.05) is 5.73 Å². The predicted octanol–water partition coefficient (Wildman–Crippen LogP) is 7.02. The highest BCUT2D eigenvalue weighted by atomic mass is 19.4. The van der Waals surface area contributed by atoms with Crippen molar-refractivity contribution in [3.8, 4) is 16.9 Å². The zero-order valence-corrected chi connectivity index (χ0v) is 15.3. The van der Waals surface area contributed by atoms with Gasteiger partial charge in [0.05, 0.1) is 16.8 Å². The number of nitrogen functional groups attached to an aromatic ring is 1. The molecule has 0 saturated carbocycles. The summed E-state index contributed by atoms with van der Waals surface area (Å²) in [4.78, 5) is 0. The second kappa shape index (κ2) is 7.78. The van der Waals surface area contributed by atoms with Crippen LogP contribution in [0.25, 0.3) is 16.9 Å². The number of rotatable bonds is 4. The SMILES string of the molecule is C=C(Oc1ccccc1N)c1cccc(-c2cc(C(F)(F)F)cc(C(F)(F)F)c2)c1. The number of anilines is 1. The smallest absolute Gasteiger partial charge is 0.416 e. The van der Waals surface area contributed by atoms with Crippen molar-refractivity contribution in [2.24, 2.45) is 0 Å². The molecule has 8 heteroatoms. The van der Waals surface area contributed by atoms with Crippen LogP contribution >= 0.6 is 0 Å². The summed E-state index contributed by atoms with van der Waals surface area (Å²) in [6.45, 7) is 3.77. The van der Waals surface area contributed by atoms with Crippen LogP contribution in [0.4, 0.5) is 32.0 Å². The molecule has 0 atom stereocenters. The molecule has 0 amide bonds. The summed E-state index contributed by atoms with van der Waals surface area (Å²) in [5.74, 6) is 0.462. The lowest BCUT2D eigenvalue weighted by Gasteiger charge is -2.15. The van der Waals surface area contributed by atoms with Gasteiger partial charge in [0, 0.05) is 5.56 Å². The third kappa shape index (κ3) is 4.76. The van der Waals surface area contributed by atoms with Gasteiger partial charge in [-0.15, -0.1) is 0 Å². The van der Waals surface area contributed by atoms with Crippen molar-refractivity contribution >= 4 is 11.4 Å².